The van der Waals surface area contributed by atoms with Gasteiger partial charge in [-0.1, -0.05) is 60.2 Å². The number of rotatable bonds is 5. The summed E-state index contributed by atoms with van der Waals surface area (Å²) in [4.78, 5) is 24.4. The summed E-state index contributed by atoms with van der Waals surface area (Å²) in [5.74, 6) is -0.961. The van der Waals surface area contributed by atoms with Gasteiger partial charge in [-0.15, -0.1) is 0 Å². The highest BCUT2D eigenvalue weighted by Crippen LogP contribution is 2.38. The second-order valence-corrected chi connectivity index (χ2v) is 6.95. The number of Topliss-reactive ketones (excluding diaryl/α,β-unsaturated/α-hetero) is 1. The lowest BCUT2D eigenvalue weighted by atomic mass is 9.84. The number of aliphatic carboxylic acids is 1. The Bertz CT molecular complexity index is 822. The molecule has 3 nitrogen and oxygen atoms in total. The molecule has 4 heteroatoms. The standard InChI is InChI=1S/C21H19ClO3/c1-14-6-4-9-17(22)19(14)18(23)10-5-11-21(20(24)25)12-15-7-2-3-8-16(15)13-21/h2-9,11H,10,12-13H2,1H3,(H,24,25)/b11-5+. The van der Waals surface area contributed by atoms with Gasteiger partial charge in [0, 0.05) is 12.0 Å². The molecule has 0 radical (unpaired) electrons. The minimum Gasteiger partial charge on any atom is -0.481 e. The van der Waals surface area contributed by atoms with Gasteiger partial charge in [-0.3, -0.25) is 9.59 Å². The van der Waals surface area contributed by atoms with E-state index in [9.17, 15) is 14.7 Å². The number of aryl methyl sites for hydroxylation is 1. The molecular weight excluding hydrogens is 336 g/mol. The summed E-state index contributed by atoms with van der Waals surface area (Å²) in [6.45, 7) is 1.84. The molecule has 0 unspecified atom stereocenters. The molecule has 0 bridgehead atoms. The number of halogens is 1. The van der Waals surface area contributed by atoms with E-state index >= 15 is 0 Å². The number of allylic oxidation sites excluding steroid dienone is 1. The zero-order valence-electron chi connectivity index (χ0n) is 14.0. The molecule has 0 heterocycles. The van der Waals surface area contributed by atoms with E-state index in [-0.39, 0.29) is 12.2 Å². The second-order valence-electron chi connectivity index (χ2n) is 6.54. The number of carboxylic acid groups (broad SMARTS) is 1. The van der Waals surface area contributed by atoms with E-state index < -0.39 is 11.4 Å². The summed E-state index contributed by atoms with van der Waals surface area (Å²) in [5.41, 5.74) is 2.48. The normalized spacial score (nSPS) is 15.3. The Kier molecular flexibility index (Phi) is 4.78. The van der Waals surface area contributed by atoms with E-state index in [1.165, 1.54) is 0 Å². The highest BCUT2D eigenvalue weighted by molar-refractivity contribution is 6.34. The van der Waals surface area contributed by atoms with E-state index in [1.807, 2.05) is 37.3 Å². The number of ketones is 1. The fourth-order valence-electron chi connectivity index (χ4n) is 3.46. The fourth-order valence-corrected chi connectivity index (χ4v) is 3.79. The molecule has 2 aromatic carbocycles. The highest BCUT2D eigenvalue weighted by Gasteiger charge is 2.41. The molecule has 0 amide bonds. The molecule has 0 saturated carbocycles. The largest absolute Gasteiger partial charge is 0.481 e. The van der Waals surface area contributed by atoms with Gasteiger partial charge in [0.15, 0.2) is 5.78 Å². The van der Waals surface area contributed by atoms with Gasteiger partial charge in [0.05, 0.1) is 10.4 Å². The maximum Gasteiger partial charge on any atom is 0.314 e. The smallest absolute Gasteiger partial charge is 0.314 e. The van der Waals surface area contributed by atoms with Crippen molar-refractivity contribution in [3.05, 3.63) is 81.9 Å². The van der Waals surface area contributed by atoms with E-state index in [2.05, 4.69) is 0 Å². The van der Waals surface area contributed by atoms with Crippen molar-refractivity contribution in [1.29, 1.82) is 0 Å². The van der Waals surface area contributed by atoms with Crippen LogP contribution in [0.25, 0.3) is 0 Å². The Morgan fingerprint density at radius 3 is 2.32 bits per heavy atom. The lowest BCUT2D eigenvalue weighted by Gasteiger charge is -2.19. The average Bonchev–Trinajstić information content (AvgIpc) is 2.94. The van der Waals surface area contributed by atoms with Crippen molar-refractivity contribution in [1.82, 2.24) is 0 Å². The van der Waals surface area contributed by atoms with Crippen LogP contribution in [0.1, 0.15) is 33.5 Å². The van der Waals surface area contributed by atoms with Crippen LogP contribution in [0.4, 0.5) is 0 Å². The van der Waals surface area contributed by atoms with Gasteiger partial charge in [0.25, 0.3) is 0 Å². The first-order chi connectivity index (χ1) is 11.9. The predicted molar refractivity (Wildman–Crippen MR) is 98.2 cm³/mol. The Balaban J connectivity index is 1.79. The molecule has 3 rings (SSSR count). The lowest BCUT2D eigenvalue weighted by molar-refractivity contribution is -0.145. The Labute approximate surface area is 151 Å². The third kappa shape index (κ3) is 3.38. The van der Waals surface area contributed by atoms with Crippen molar-refractivity contribution in [2.24, 2.45) is 5.41 Å². The van der Waals surface area contributed by atoms with Crippen LogP contribution in [0, 0.1) is 12.3 Å². The molecule has 1 aliphatic carbocycles. The van der Waals surface area contributed by atoms with Gasteiger partial charge in [0.2, 0.25) is 0 Å². The minimum absolute atomic E-state index is 0.101. The molecule has 0 atom stereocenters. The number of fused-ring (bicyclic) bond motifs is 1. The van der Waals surface area contributed by atoms with Crippen LogP contribution >= 0.6 is 11.6 Å². The monoisotopic (exact) mass is 354 g/mol. The van der Waals surface area contributed by atoms with Crippen molar-refractivity contribution < 1.29 is 14.7 Å². The van der Waals surface area contributed by atoms with Crippen LogP contribution in [0.15, 0.2) is 54.6 Å². The molecule has 128 valence electrons. The zero-order chi connectivity index (χ0) is 18.0. The zero-order valence-corrected chi connectivity index (χ0v) is 14.7. The van der Waals surface area contributed by atoms with Crippen LogP contribution in [-0.2, 0) is 17.6 Å². The number of carboxylic acids is 1. The summed E-state index contributed by atoms with van der Waals surface area (Å²) in [6.07, 6.45) is 4.39. The number of hydrogen-bond acceptors (Lipinski definition) is 2. The predicted octanol–water partition coefficient (Wildman–Crippen LogP) is 4.65. The van der Waals surface area contributed by atoms with Crippen molar-refractivity contribution in [2.75, 3.05) is 0 Å². The van der Waals surface area contributed by atoms with Crippen LogP contribution in [0.5, 0.6) is 0 Å². The highest BCUT2D eigenvalue weighted by atomic mass is 35.5. The van der Waals surface area contributed by atoms with Gasteiger partial charge in [-0.25, -0.2) is 0 Å². The summed E-state index contributed by atoms with van der Waals surface area (Å²) in [7, 11) is 0. The van der Waals surface area contributed by atoms with Crippen LogP contribution < -0.4 is 0 Å². The van der Waals surface area contributed by atoms with Gasteiger partial charge >= 0.3 is 5.97 Å². The van der Waals surface area contributed by atoms with Gasteiger partial charge in [-0.05, 0) is 42.5 Å². The number of carbonyl (C=O) groups excluding carboxylic acids is 1. The summed E-state index contributed by atoms with van der Waals surface area (Å²) >= 11 is 6.13. The third-order valence-corrected chi connectivity index (χ3v) is 5.11. The Hall–Kier alpha value is -2.39. The van der Waals surface area contributed by atoms with Gasteiger partial charge < -0.3 is 5.11 Å². The number of carbonyl (C=O) groups is 2. The second kappa shape index (κ2) is 6.85. The van der Waals surface area contributed by atoms with Crippen molar-refractivity contribution in [2.45, 2.75) is 26.2 Å². The van der Waals surface area contributed by atoms with Crippen molar-refractivity contribution in [3.63, 3.8) is 0 Å². The van der Waals surface area contributed by atoms with E-state index in [0.29, 0.717) is 23.4 Å². The Morgan fingerprint density at radius 1 is 1.12 bits per heavy atom. The molecule has 0 spiro atoms. The van der Waals surface area contributed by atoms with Crippen LogP contribution in [0.2, 0.25) is 5.02 Å². The molecule has 0 aliphatic heterocycles. The van der Waals surface area contributed by atoms with E-state index in [0.717, 1.165) is 16.7 Å². The molecular formula is C21H19ClO3. The molecule has 25 heavy (non-hydrogen) atoms. The molecule has 0 aromatic heterocycles. The summed E-state index contributed by atoms with van der Waals surface area (Å²) < 4.78 is 0. The summed E-state index contributed by atoms with van der Waals surface area (Å²) in [6, 6.07) is 13.1. The van der Waals surface area contributed by atoms with Gasteiger partial charge in [-0.2, -0.15) is 0 Å². The first kappa shape index (κ1) is 17.4. The minimum atomic E-state index is -0.973. The van der Waals surface area contributed by atoms with Gasteiger partial charge in [0.1, 0.15) is 0 Å². The van der Waals surface area contributed by atoms with Crippen LogP contribution in [0.3, 0.4) is 0 Å². The van der Waals surface area contributed by atoms with Crippen LogP contribution in [-0.4, -0.2) is 16.9 Å². The van der Waals surface area contributed by atoms with E-state index in [4.69, 9.17) is 11.6 Å². The first-order valence-corrected chi connectivity index (χ1v) is 8.57. The average molecular weight is 355 g/mol. The topological polar surface area (TPSA) is 54.4 Å². The SMILES string of the molecule is Cc1cccc(Cl)c1C(=O)C/C=C/C1(C(=O)O)Cc2ccccc2C1. The molecule has 2 aromatic rings. The Morgan fingerprint density at radius 2 is 1.76 bits per heavy atom. The maximum atomic E-state index is 12.5. The molecule has 0 fully saturated rings. The molecule has 0 saturated heterocycles. The maximum absolute atomic E-state index is 12.5. The van der Waals surface area contributed by atoms with Crippen molar-refractivity contribution in [3.8, 4) is 0 Å². The summed E-state index contributed by atoms with van der Waals surface area (Å²) in [5, 5.41) is 10.2. The quantitative estimate of drug-likeness (QED) is 0.628. The molecule has 1 N–H and O–H groups in total. The number of benzene rings is 2. The van der Waals surface area contributed by atoms with E-state index in [1.54, 1.807) is 24.3 Å². The lowest BCUT2D eigenvalue weighted by Crippen LogP contribution is -2.29. The first-order valence-electron chi connectivity index (χ1n) is 8.19. The fraction of sp³-hybridized carbons (Fsp3) is 0.238. The van der Waals surface area contributed by atoms with Crippen molar-refractivity contribution >= 4 is 23.4 Å². The number of hydrogen-bond donors (Lipinski definition) is 1. The third-order valence-electron chi connectivity index (χ3n) is 4.80. The molecule has 1 aliphatic rings.